The molecule has 134 valence electrons. The van der Waals surface area contributed by atoms with E-state index in [0.29, 0.717) is 16.6 Å². The third-order valence-electron chi connectivity index (χ3n) is 3.62. The third kappa shape index (κ3) is 5.28. The molecule has 2 N–H and O–H groups in total. The SMILES string of the molecule is C/C(=C\c1nsc(Nc2ccc(F)c(Cl)c2)n1)NCCc1ccccc1. The number of anilines is 2. The Hall–Kier alpha value is -2.44. The summed E-state index contributed by atoms with van der Waals surface area (Å²) >= 11 is 7.02. The molecule has 0 bridgehead atoms. The molecule has 3 rings (SSSR count). The molecule has 0 saturated heterocycles. The van der Waals surface area contributed by atoms with Crippen molar-refractivity contribution in [1.82, 2.24) is 14.7 Å². The minimum Gasteiger partial charge on any atom is -0.388 e. The lowest BCUT2D eigenvalue weighted by atomic mass is 10.1. The monoisotopic (exact) mass is 388 g/mol. The van der Waals surface area contributed by atoms with Gasteiger partial charge in [-0.15, -0.1) is 0 Å². The maximum Gasteiger partial charge on any atom is 0.207 e. The highest BCUT2D eigenvalue weighted by atomic mass is 35.5. The van der Waals surface area contributed by atoms with Gasteiger partial charge in [-0.1, -0.05) is 41.9 Å². The zero-order valence-electron chi connectivity index (χ0n) is 14.2. The first kappa shape index (κ1) is 18.4. The van der Waals surface area contributed by atoms with Gasteiger partial charge in [0.15, 0.2) is 5.82 Å². The molecule has 0 fully saturated rings. The molecule has 0 aliphatic heterocycles. The summed E-state index contributed by atoms with van der Waals surface area (Å²) in [5, 5.41) is 7.12. The number of rotatable bonds is 7. The minimum atomic E-state index is -0.449. The second-order valence-electron chi connectivity index (χ2n) is 5.70. The topological polar surface area (TPSA) is 49.8 Å². The first-order chi connectivity index (χ1) is 12.6. The molecule has 0 aliphatic rings. The van der Waals surface area contributed by atoms with Crippen molar-refractivity contribution in [2.45, 2.75) is 13.3 Å². The maximum atomic E-state index is 13.2. The Bertz CT molecular complexity index is 896. The van der Waals surface area contributed by atoms with E-state index < -0.39 is 5.82 Å². The van der Waals surface area contributed by atoms with Crippen molar-refractivity contribution in [3.05, 3.63) is 76.5 Å². The maximum absolute atomic E-state index is 13.2. The van der Waals surface area contributed by atoms with Crippen molar-refractivity contribution in [3.63, 3.8) is 0 Å². The lowest BCUT2D eigenvalue weighted by Gasteiger charge is -2.06. The van der Waals surface area contributed by atoms with E-state index in [0.717, 1.165) is 18.7 Å². The van der Waals surface area contributed by atoms with Gasteiger partial charge in [-0.05, 0) is 37.1 Å². The van der Waals surface area contributed by atoms with Crippen LogP contribution in [0.15, 0.2) is 54.2 Å². The summed E-state index contributed by atoms with van der Waals surface area (Å²) in [6.07, 6.45) is 2.85. The van der Waals surface area contributed by atoms with Crippen LogP contribution in [0.2, 0.25) is 5.02 Å². The van der Waals surface area contributed by atoms with Gasteiger partial charge in [0.2, 0.25) is 5.13 Å². The fraction of sp³-hybridized carbons (Fsp3) is 0.158. The van der Waals surface area contributed by atoms with Crippen molar-refractivity contribution in [3.8, 4) is 0 Å². The first-order valence-electron chi connectivity index (χ1n) is 8.12. The molecule has 0 saturated carbocycles. The van der Waals surface area contributed by atoms with Crippen molar-refractivity contribution >= 4 is 40.0 Å². The van der Waals surface area contributed by atoms with Gasteiger partial charge in [0.25, 0.3) is 0 Å². The standard InChI is InChI=1S/C19H18ClFN4S/c1-13(22-10-9-14-5-3-2-4-6-14)11-18-24-19(26-25-18)23-15-7-8-17(21)16(20)12-15/h2-8,11-12,22H,9-10H2,1H3,(H,23,24,25)/b13-11+. The van der Waals surface area contributed by atoms with Crippen LogP contribution in [0.1, 0.15) is 18.3 Å². The zero-order valence-corrected chi connectivity index (χ0v) is 15.7. The summed E-state index contributed by atoms with van der Waals surface area (Å²) in [7, 11) is 0. The van der Waals surface area contributed by atoms with Gasteiger partial charge in [-0.3, -0.25) is 0 Å². The second kappa shape index (κ2) is 8.78. The van der Waals surface area contributed by atoms with Gasteiger partial charge in [0.1, 0.15) is 5.82 Å². The smallest absolute Gasteiger partial charge is 0.207 e. The van der Waals surface area contributed by atoms with Crippen LogP contribution in [0.5, 0.6) is 0 Å². The van der Waals surface area contributed by atoms with Gasteiger partial charge in [0, 0.05) is 35.5 Å². The summed E-state index contributed by atoms with van der Waals surface area (Å²) in [4.78, 5) is 4.41. The van der Waals surface area contributed by atoms with Crippen molar-refractivity contribution in [2.24, 2.45) is 0 Å². The quantitative estimate of drug-likeness (QED) is 0.579. The number of hydrogen-bond acceptors (Lipinski definition) is 5. The normalized spacial score (nSPS) is 11.4. The Morgan fingerprint density at radius 2 is 2.04 bits per heavy atom. The van der Waals surface area contributed by atoms with Crippen LogP contribution in [0.25, 0.3) is 6.08 Å². The molecule has 26 heavy (non-hydrogen) atoms. The van der Waals surface area contributed by atoms with E-state index >= 15 is 0 Å². The molecule has 0 atom stereocenters. The van der Waals surface area contributed by atoms with Gasteiger partial charge in [0.05, 0.1) is 5.02 Å². The van der Waals surface area contributed by atoms with Crippen LogP contribution in [0, 0.1) is 5.82 Å². The van der Waals surface area contributed by atoms with Gasteiger partial charge >= 0.3 is 0 Å². The van der Waals surface area contributed by atoms with Crippen LogP contribution < -0.4 is 10.6 Å². The molecule has 0 aliphatic carbocycles. The molecule has 0 radical (unpaired) electrons. The molecule has 4 nitrogen and oxygen atoms in total. The van der Waals surface area contributed by atoms with Crippen LogP contribution in [-0.2, 0) is 6.42 Å². The van der Waals surface area contributed by atoms with Gasteiger partial charge in [-0.2, -0.15) is 9.36 Å². The first-order valence-corrected chi connectivity index (χ1v) is 9.27. The van der Waals surface area contributed by atoms with Crippen LogP contribution in [0.4, 0.5) is 15.2 Å². The Balaban J connectivity index is 1.54. The number of benzene rings is 2. The van der Waals surface area contributed by atoms with E-state index in [2.05, 4.69) is 32.1 Å². The van der Waals surface area contributed by atoms with Crippen LogP contribution >= 0.6 is 23.1 Å². The number of nitrogens with one attached hydrogen (secondary N) is 2. The molecule has 0 amide bonds. The highest BCUT2D eigenvalue weighted by molar-refractivity contribution is 7.09. The van der Waals surface area contributed by atoms with Crippen molar-refractivity contribution in [1.29, 1.82) is 0 Å². The van der Waals surface area contributed by atoms with Crippen molar-refractivity contribution < 1.29 is 4.39 Å². The predicted octanol–water partition coefficient (Wildman–Crippen LogP) is 5.27. The second-order valence-corrected chi connectivity index (χ2v) is 6.86. The Labute approximate surface area is 160 Å². The number of hydrogen-bond donors (Lipinski definition) is 2. The molecular weight excluding hydrogens is 371 g/mol. The molecule has 7 heteroatoms. The molecule has 3 aromatic rings. The summed E-state index contributed by atoms with van der Waals surface area (Å²) in [5.41, 5.74) is 2.96. The summed E-state index contributed by atoms with van der Waals surface area (Å²) in [6.45, 7) is 2.83. The van der Waals surface area contributed by atoms with Crippen LogP contribution in [0.3, 0.4) is 0 Å². The Kier molecular flexibility index (Phi) is 6.20. The molecule has 0 spiro atoms. The summed E-state index contributed by atoms with van der Waals surface area (Å²) in [6, 6.07) is 14.8. The highest BCUT2D eigenvalue weighted by Gasteiger charge is 2.05. The fourth-order valence-electron chi connectivity index (χ4n) is 2.33. The average Bonchev–Trinajstić information content (AvgIpc) is 3.06. The predicted molar refractivity (Wildman–Crippen MR) is 106 cm³/mol. The van der Waals surface area contributed by atoms with Gasteiger partial charge in [-0.25, -0.2) is 4.39 Å². The lowest BCUT2D eigenvalue weighted by Crippen LogP contribution is -2.14. The fourth-order valence-corrected chi connectivity index (χ4v) is 3.09. The third-order valence-corrected chi connectivity index (χ3v) is 4.55. The molecule has 1 aromatic heterocycles. The Morgan fingerprint density at radius 1 is 1.23 bits per heavy atom. The number of aromatic nitrogens is 2. The van der Waals surface area contributed by atoms with E-state index in [1.807, 2.05) is 31.2 Å². The van der Waals surface area contributed by atoms with E-state index in [4.69, 9.17) is 11.6 Å². The summed E-state index contributed by atoms with van der Waals surface area (Å²) < 4.78 is 17.5. The summed E-state index contributed by atoms with van der Waals surface area (Å²) in [5.74, 6) is 0.172. The Morgan fingerprint density at radius 3 is 2.81 bits per heavy atom. The average molecular weight is 389 g/mol. The molecular formula is C19H18ClFN4S. The van der Waals surface area contributed by atoms with E-state index in [1.165, 1.54) is 29.2 Å². The van der Waals surface area contributed by atoms with Gasteiger partial charge < -0.3 is 10.6 Å². The lowest BCUT2D eigenvalue weighted by molar-refractivity contribution is 0.628. The number of nitrogens with zero attached hydrogens (tertiary/aromatic N) is 2. The molecule has 1 heterocycles. The largest absolute Gasteiger partial charge is 0.388 e. The molecule has 2 aromatic carbocycles. The number of allylic oxidation sites excluding steroid dienone is 1. The zero-order chi connectivity index (χ0) is 18.4. The molecule has 0 unspecified atom stereocenters. The highest BCUT2D eigenvalue weighted by Crippen LogP contribution is 2.23. The van der Waals surface area contributed by atoms with E-state index in [1.54, 1.807) is 6.07 Å². The van der Waals surface area contributed by atoms with Crippen LogP contribution in [-0.4, -0.2) is 15.9 Å². The van der Waals surface area contributed by atoms with E-state index in [-0.39, 0.29) is 5.02 Å². The van der Waals surface area contributed by atoms with Crippen molar-refractivity contribution in [2.75, 3.05) is 11.9 Å². The number of halogens is 2. The van der Waals surface area contributed by atoms with E-state index in [9.17, 15) is 4.39 Å². The minimum absolute atomic E-state index is 0.0677.